The minimum absolute atomic E-state index is 0. The van der Waals surface area contributed by atoms with Gasteiger partial charge in [0.25, 0.3) is 0 Å². The van der Waals surface area contributed by atoms with Gasteiger partial charge < -0.3 is 23.7 Å². The van der Waals surface area contributed by atoms with Crippen molar-refractivity contribution in [2.24, 2.45) is 0 Å². The smallest absolute Gasteiger partial charge is 0.181 e. The van der Waals surface area contributed by atoms with Crippen LogP contribution in [-0.2, 0) is 37.3 Å². The Kier molecular flexibility index (Phi) is 14.2. The molecule has 4 heterocycles. The van der Waals surface area contributed by atoms with E-state index in [0.717, 1.165) is 56.1 Å². The largest absolute Gasteiger partial charge is 0.509 e. The van der Waals surface area contributed by atoms with Gasteiger partial charge in [0.1, 0.15) is 5.82 Å². The fourth-order valence-corrected chi connectivity index (χ4v) is 17.8. The Balaban J connectivity index is 0.00000686. The summed E-state index contributed by atoms with van der Waals surface area (Å²) in [6.07, 6.45) is 1.93. The Hall–Kier alpha value is -8.74. The molecule has 13 aromatic rings. The van der Waals surface area contributed by atoms with E-state index in [1.54, 1.807) is 0 Å². The molecular formula is C78H68N5OPtSi-3. The molecule has 0 saturated carbocycles. The van der Waals surface area contributed by atoms with Crippen LogP contribution in [0, 0.1) is 18.8 Å². The number of nitrogens with zero attached hydrogens (tertiary/aromatic N) is 5. The Bertz CT molecular complexity index is 4500. The second kappa shape index (κ2) is 21.6. The SMILES string of the molecule is CC(C)(C)c1cc(N2[CH-]N(c3[c-]c(Oc4[c-]c5c(cc4)c4cc(-n6c7ccccc7c7ccccc76)ccc4n5-c4cc(C(C)(C)C)ccn4)ccc3)c3cccc([Si](c4ccccc4)(c4ccccc4)c4ccccc4)c32)cc(C(C)(C)C)c1.[Pt]. The van der Waals surface area contributed by atoms with Crippen molar-refractivity contribution >= 4 is 95.2 Å². The van der Waals surface area contributed by atoms with Crippen LogP contribution in [0.15, 0.2) is 243 Å². The van der Waals surface area contributed by atoms with Crippen molar-refractivity contribution < 1.29 is 25.8 Å². The van der Waals surface area contributed by atoms with Crippen LogP contribution in [-0.4, -0.2) is 22.2 Å². The molecule has 10 aromatic carbocycles. The first kappa shape index (κ1) is 56.4. The third-order valence-corrected chi connectivity index (χ3v) is 22.1. The molecule has 14 rings (SSSR count). The molecule has 1 aliphatic heterocycles. The zero-order chi connectivity index (χ0) is 58.4. The van der Waals surface area contributed by atoms with Crippen LogP contribution in [0.5, 0.6) is 11.5 Å². The minimum Gasteiger partial charge on any atom is -0.509 e. The quantitative estimate of drug-likeness (QED) is 0.0777. The third-order valence-electron chi connectivity index (χ3n) is 17.2. The van der Waals surface area contributed by atoms with Gasteiger partial charge in [-0.15, -0.1) is 48.1 Å². The average Bonchev–Trinajstić information content (AvgIpc) is 1.32. The maximum Gasteiger partial charge on any atom is 0.181 e. The topological polar surface area (TPSA) is 38.5 Å². The maximum absolute atomic E-state index is 6.99. The van der Waals surface area contributed by atoms with Crippen LogP contribution in [0.4, 0.5) is 22.7 Å². The van der Waals surface area contributed by atoms with Gasteiger partial charge in [0, 0.05) is 77.8 Å². The van der Waals surface area contributed by atoms with E-state index >= 15 is 0 Å². The van der Waals surface area contributed by atoms with Gasteiger partial charge >= 0.3 is 0 Å². The minimum atomic E-state index is -3.08. The zero-order valence-electron chi connectivity index (χ0n) is 50.1. The molecule has 0 spiro atoms. The van der Waals surface area contributed by atoms with E-state index in [0.29, 0.717) is 11.5 Å². The summed E-state index contributed by atoms with van der Waals surface area (Å²) in [5.41, 5.74) is 13.0. The van der Waals surface area contributed by atoms with Gasteiger partial charge in [-0.1, -0.05) is 213 Å². The standard InChI is InChI=1S/C78H68N5OSi.Pt/c1-76(2,3)53-43-44-79-74(48-53)83-70-42-39-57(82-68-35-21-19-33-64(68)65-34-20-22-36-69(65)82)50-67(70)66-41-40-60(51-72(66)83)84-59-26-23-25-56(49-59)80-52-81(58-46-54(77(4,5)6)45-55(47-58)78(7,8)9)75-71(80)37-24-38-73(75)85(61-27-13-10-14-28-61,62-29-15-11-16-30-62)63-31-17-12-18-32-63;/h10-48,50,52H,1-9H3;/q-3;. The Morgan fingerprint density at radius 1 is 0.419 bits per heavy atom. The van der Waals surface area contributed by atoms with Crippen LogP contribution in [0.2, 0.25) is 0 Å². The van der Waals surface area contributed by atoms with Crippen molar-refractivity contribution in [1.29, 1.82) is 0 Å². The van der Waals surface area contributed by atoms with E-state index in [1.807, 2.05) is 18.3 Å². The number of hydrogen-bond acceptors (Lipinski definition) is 4. The van der Waals surface area contributed by atoms with Crippen LogP contribution in [0.25, 0.3) is 55.1 Å². The number of fused-ring (bicyclic) bond motifs is 7. The molecule has 1 aliphatic rings. The van der Waals surface area contributed by atoms with Crippen molar-refractivity contribution in [1.82, 2.24) is 14.1 Å². The van der Waals surface area contributed by atoms with Crippen molar-refractivity contribution in [3.63, 3.8) is 0 Å². The first-order valence-corrected chi connectivity index (χ1v) is 31.6. The molecule has 86 heavy (non-hydrogen) atoms. The Labute approximate surface area is 521 Å². The second-order valence-electron chi connectivity index (χ2n) is 25.8. The predicted octanol–water partition coefficient (Wildman–Crippen LogP) is 17.3. The average molecular weight is 1310 g/mol. The Morgan fingerprint density at radius 3 is 1.56 bits per heavy atom. The predicted molar refractivity (Wildman–Crippen MR) is 358 cm³/mol. The van der Waals surface area contributed by atoms with Crippen LogP contribution < -0.4 is 35.3 Å². The van der Waals surface area contributed by atoms with Gasteiger partial charge in [-0.25, -0.2) is 4.98 Å². The molecule has 0 saturated heterocycles. The summed E-state index contributed by atoms with van der Waals surface area (Å²) in [7, 11) is -3.08. The van der Waals surface area contributed by atoms with Crippen molar-refractivity contribution in [3.8, 4) is 23.0 Å². The van der Waals surface area contributed by atoms with Crippen molar-refractivity contribution in [2.45, 2.75) is 78.6 Å². The van der Waals surface area contributed by atoms with E-state index < -0.39 is 8.07 Å². The van der Waals surface area contributed by atoms with Crippen molar-refractivity contribution in [3.05, 3.63) is 278 Å². The summed E-state index contributed by atoms with van der Waals surface area (Å²) in [6.45, 7) is 22.9. The summed E-state index contributed by atoms with van der Waals surface area (Å²) in [5, 5.41) is 9.84. The maximum atomic E-state index is 6.99. The number of benzene rings is 10. The van der Waals surface area contributed by atoms with Gasteiger partial charge in [-0.3, -0.25) is 0 Å². The van der Waals surface area contributed by atoms with Crippen LogP contribution >= 0.6 is 0 Å². The van der Waals surface area contributed by atoms with Crippen molar-refractivity contribution in [2.75, 3.05) is 9.80 Å². The van der Waals surface area contributed by atoms with E-state index in [4.69, 9.17) is 9.72 Å². The molecule has 0 amide bonds. The number of pyridine rings is 1. The van der Waals surface area contributed by atoms with Gasteiger partial charge in [-0.05, 0) is 120 Å². The molecule has 0 radical (unpaired) electrons. The number of aromatic nitrogens is 3. The molecule has 3 aromatic heterocycles. The fraction of sp³-hybridized carbons (Fsp3) is 0.154. The monoisotopic (exact) mass is 1310 g/mol. The summed E-state index contributed by atoms with van der Waals surface area (Å²) in [5.74, 6) is 1.98. The number of para-hydroxylation sites is 3. The summed E-state index contributed by atoms with van der Waals surface area (Å²) in [6, 6.07) is 94.3. The summed E-state index contributed by atoms with van der Waals surface area (Å²) in [4.78, 5) is 9.82. The number of hydrogen-bond donors (Lipinski definition) is 0. The van der Waals surface area contributed by atoms with Gasteiger partial charge in [0.15, 0.2) is 8.07 Å². The van der Waals surface area contributed by atoms with Crippen LogP contribution in [0.1, 0.15) is 79.0 Å². The second-order valence-corrected chi connectivity index (χ2v) is 29.6. The molecule has 0 N–H and O–H groups in total. The first-order chi connectivity index (χ1) is 41.0. The Morgan fingerprint density at radius 2 is 0.965 bits per heavy atom. The molecule has 0 bridgehead atoms. The van der Waals surface area contributed by atoms with Gasteiger partial charge in [-0.2, -0.15) is 12.1 Å². The molecule has 0 unspecified atom stereocenters. The normalized spacial score (nSPS) is 13.0. The molecular weight excluding hydrogens is 1250 g/mol. The van der Waals surface area contributed by atoms with E-state index in [-0.39, 0.29) is 37.3 Å². The molecule has 8 heteroatoms. The molecule has 0 atom stereocenters. The molecule has 6 nitrogen and oxygen atoms in total. The zero-order valence-corrected chi connectivity index (χ0v) is 53.4. The van der Waals surface area contributed by atoms with Gasteiger partial charge in [0.05, 0.1) is 11.0 Å². The third kappa shape index (κ3) is 9.66. The number of anilines is 4. The number of ether oxygens (including phenoxy) is 1. The molecule has 428 valence electrons. The van der Waals surface area contributed by atoms with Crippen LogP contribution in [0.3, 0.4) is 0 Å². The molecule has 0 fully saturated rings. The fourth-order valence-electron chi connectivity index (χ4n) is 12.9. The summed E-state index contributed by atoms with van der Waals surface area (Å²) < 4.78 is 11.6. The summed E-state index contributed by atoms with van der Waals surface area (Å²) >= 11 is 0. The van der Waals surface area contributed by atoms with E-state index in [9.17, 15) is 0 Å². The van der Waals surface area contributed by atoms with E-state index in [1.165, 1.54) is 59.2 Å². The van der Waals surface area contributed by atoms with Gasteiger partial charge in [0.2, 0.25) is 0 Å². The van der Waals surface area contributed by atoms with E-state index in [2.05, 4.69) is 325 Å². The number of rotatable bonds is 10. The first-order valence-electron chi connectivity index (χ1n) is 29.6. The molecule has 0 aliphatic carbocycles.